The van der Waals surface area contributed by atoms with Crippen molar-refractivity contribution in [2.75, 3.05) is 0 Å². The van der Waals surface area contributed by atoms with Crippen molar-refractivity contribution >= 4 is 18.3 Å². The molecule has 1 unspecified atom stereocenters. The van der Waals surface area contributed by atoms with E-state index in [0.717, 1.165) is 5.56 Å². The Hall–Kier alpha value is -1.03. The van der Waals surface area contributed by atoms with Crippen LogP contribution < -0.4 is 0 Å². The van der Waals surface area contributed by atoms with Gasteiger partial charge in [-0.05, 0) is 12.5 Å². The minimum atomic E-state index is -0.403. The molecule has 3 nitrogen and oxygen atoms in total. The lowest BCUT2D eigenvalue weighted by atomic mass is 10.1. The first-order valence-electron chi connectivity index (χ1n) is 3.53. The first-order valence-corrected chi connectivity index (χ1v) is 4.05. The molecule has 0 radical (unpaired) electrons. The Kier molecular flexibility index (Phi) is 2.70. The molecule has 0 spiro atoms. The molecule has 1 aromatic rings. The number of nitrogens with zero attached hydrogens (tertiary/aromatic N) is 1. The minimum absolute atomic E-state index is 0.0323. The maximum Gasteiger partial charge on any atom is 0.269 e. The number of rotatable bonds is 2. The SMILES string of the molecule is CC(S)c1cccc([N+](=O)[O-])c1. The van der Waals surface area contributed by atoms with Crippen molar-refractivity contribution in [2.24, 2.45) is 0 Å². The molecule has 64 valence electrons. The molecular formula is C8H9NO2S. The lowest BCUT2D eigenvalue weighted by Crippen LogP contribution is -1.90. The van der Waals surface area contributed by atoms with Crippen LogP contribution in [0.25, 0.3) is 0 Å². The summed E-state index contributed by atoms with van der Waals surface area (Å²) in [4.78, 5) is 9.95. The topological polar surface area (TPSA) is 43.1 Å². The number of hydrogen-bond donors (Lipinski definition) is 1. The van der Waals surface area contributed by atoms with Gasteiger partial charge in [-0.1, -0.05) is 12.1 Å². The number of nitro benzene ring substituents is 1. The molecule has 0 heterocycles. The highest BCUT2D eigenvalue weighted by atomic mass is 32.1. The van der Waals surface area contributed by atoms with E-state index in [1.54, 1.807) is 6.07 Å². The van der Waals surface area contributed by atoms with Gasteiger partial charge in [-0.25, -0.2) is 0 Å². The molecule has 0 saturated heterocycles. The lowest BCUT2D eigenvalue weighted by molar-refractivity contribution is -0.384. The maximum absolute atomic E-state index is 10.4. The Labute approximate surface area is 76.0 Å². The fourth-order valence-electron chi connectivity index (χ4n) is 0.898. The van der Waals surface area contributed by atoms with Crippen LogP contribution in [0.3, 0.4) is 0 Å². The summed E-state index contributed by atoms with van der Waals surface area (Å²) in [7, 11) is 0. The van der Waals surface area contributed by atoms with Gasteiger partial charge in [-0.3, -0.25) is 10.1 Å². The van der Waals surface area contributed by atoms with E-state index in [9.17, 15) is 10.1 Å². The summed E-state index contributed by atoms with van der Waals surface area (Å²) in [5.74, 6) is 0. The van der Waals surface area contributed by atoms with Crippen molar-refractivity contribution < 1.29 is 4.92 Å². The first-order chi connectivity index (χ1) is 5.61. The molecule has 4 heteroatoms. The van der Waals surface area contributed by atoms with Crippen molar-refractivity contribution in [3.05, 3.63) is 39.9 Å². The van der Waals surface area contributed by atoms with Crippen LogP contribution in [0.1, 0.15) is 17.7 Å². The average Bonchev–Trinajstić information content (AvgIpc) is 2.04. The molecule has 1 rings (SSSR count). The van der Waals surface area contributed by atoms with Crippen molar-refractivity contribution in [3.8, 4) is 0 Å². The predicted octanol–water partition coefficient (Wildman–Crippen LogP) is 2.59. The molecule has 0 aliphatic heterocycles. The maximum atomic E-state index is 10.4. The normalized spacial score (nSPS) is 12.5. The van der Waals surface area contributed by atoms with Gasteiger partial charge in [0.15, 0.2) is 0 Å². The lowest BCUT2D eigenvalue weighted by Gasteiger charge is -2.02. The van der Waals surface area contributed by atoms with E-state index in [0.29, 0.717) is 0 Å². The zero-order chi connectivity index (χ0) is 9.14. The van der Waals surface area contributed by atoms with Crippen LogP contribution in [-0.4, -0.2) is 4.92 Å². The zero-order valence-electron chi connectivity index (χ0n) is 6.60. The van der Waals surface area contributed by atoms with Gasteiger partial charge in [0.1, 0.15) is 0 Å². The standard InChI is InChI=1S/C8H9NO2S/c1-6(12)7-3-2-4-8(5-7)9(10)11/h2-6,12H,1H3. The third-order valence-electron chi connectivity index (χ3n) is 1.56. The Balaban J connectivity index is 3.04. The van der Waals surface area contributed by atoms with Gasteiger partial charge < -0.3 is 0 Å². The second-order valence-electron chi connectivity index (χ2n) is 2.53. The van der Waals surface area contributed by atoms with Crippen molar-refractivity contribution in [2.45, 2.75) is 12.2 Å². The smallest absolute Gasteiger partial charge is 0.258 e. The third kappa shape index (κ3) is 1.98. The number of non-ortho nitro benzene ring substituents is 1. The van der Waals surface area contributed by atoms with E-state index < -0.39 is 4.92 Å². The number of nitro groups is 1. The number of benzene rings is 1. The van der Waals surface area contributed by atoms with E-state index >= 15 is 0 Å². The fourth-order valence-corrected chi connectivity index (χ4v) is 1.06. The predicted molar refractivity (Wildman–Crippen MR) is 50.5 cm³/mol. The highest BCUT2D eigenvalue weighted by Gasteiger charge is 2.07. The van der Waals surface area contributed by atoms with E-state index in [1.807, 2.05) is 13.0 Å². The molecule has 1 atom stereocenters. The summed E-state index contributed by atoms with van der Waals surface area (Å²) in [6, 6.07) is 6.50. The van der Waals surface area contributed by atoms with Gasteiger partial charge in [0.05, 0.1) is 4.92 Å². The Morgan fingerprint density at radius 3 is 2.75 bits per heavy atom. The van der Waals surface area contributed by atoms with E-state index in [4.69, 9.17) is 0 Å². The molecule has 0 bridgehead atoms. The molecular weight excluding hydrogens is 174 g/mol. The molecule has 1 aromatic carbocycles. The van der Waals surface area contributed by atoms with Gasteiger partial charge in [-0.2, -0.15) is 12.6 Å². The monoisotopic (exact) mass is 183 g/mol. The second-order valence-corrected chi connectivity index (χ2v) is 3.30. The molecule has 0 aromatic heterocycles. The summed E-state index contributed by atoms with van der Waals surface area (Å²) >= 11 is 4.18. The molecule has 0 fully saturated rings. The summed E-state index contributed by atoms with van der Waals surface area (Å²) in [6.07, 6.45) is 0. The highest BCUT2D eigenvalue weighted by molar-refractivity contribution is 7.80. The van der Waals surface area contributed by atoms with E-state index in [2.05, 4.69) is 12.6 Å². The average molecular weight is 183 g/mol. The highest BCUT2D eigenvalue weighted by Crippen LogP contribution is 2.22. The van der Waals surface area contributed by atoms with Crippen LogP contribution in [0, 0.1) is 10.1 Å². The second kappa shape index (κ2) is 3.58. The first kappa shape index (κ1) is 9.06. The molecule has 0 aliphatic carbocycles. The Morgan fingerprint density at radius 1 is 1.58 bits per heavy atom. The van der Waals surface area contributed by atoms with Gasteiger partial charge in [-0.15, -0.1) is 0 Å². The van der Waals surface area contributed by atoms with Crippen LogP contribution in [0.2, 0.25) is 0 Å². The van der Waals surface area contributed by atoms with Crippen LogP contribution in [0.5, 0.6) is 0 Å². The largest absolute Gasteiger partial charge is 0.269 e. The van der Waals surface area contributed by atoms with Crippen molar-refractivity contribution in [3.63, 3.8) is 0 Å². The quantitative estimate of drug-likeness (QED) is 0.435. The van der Waals surface area contributed by atoms with Gasteiger partial charge in [0.2, 0.25) is 0 Å². The van der Waals surface area contributed by atoms with Crippen LogP contribution in [-0.2, 0) is 0 Å². The molecule has 0 amide bonds. The van der Waals surface area contributed by atoms with Crippen LogP contribution >= 0.6 is 12.6 Å². The molecule has 0 N–H and O–H groups in total. The summed E-state index contributed by atoms with van der Waals surface area (Å²) < 4.78 is 0. The van der Waals surface area contributed by atoms with Gasteiger partial charge >= 0.3 is 0 Å². The van der Waals surface area contributed by atoms with Crippen molar-refractivity contribution in [1.82, 2.24) is 0 Å². The fraction of sp³-hybridized carbons (Fsp3) is 0.250. The number of hydrogen-bond acceptors (Lipinski definition) is 3. The number of thiol groups is 1. The van der Waals surface area contributed by atoms with E-state index in [1.165, 1.54) is 12.1 Å². The van der Waals surface area contributed by atoms with Crippen molar-refractivity contribution in [1.29, 1.82) is 0 Å². The van der Waals surface area contributed by atoms with Gasteiger partial charge in [0.25, 0.3) is 5.69 Å². The Bertz CT molecular complexity index is 299. The Morgan fingerprint density at radius 2 is 2.25 bits per heavy atom. The summed E-state index contributed by atoms with van der Waals surface area (Å²) in [5, 5.41) is 10.4. The van der Waals surface area contributed by atoms with Gasteiger partial charge in [0, 0.05) is 17.4 Å². The van der Waals surface area contributed by atoms with Crippen LogP contribution in [0.15, 0.2) is 24.3 Å². The van der Waals surface area contributed by atoms with Crippen LogP contribution in [0.4, 0.5) is 5.69 Å². The minimum Gasteiger partial charge on any atom is -0.258 e. The zero-order valence-corrected chi connectivity index (χ0v) is 7.49. The third-order valence-corrected chi connectivity index (χ3v) is 1.86. The molecule has 0 aliphatic rings. The summed E-state index contributed by atoms with van der Waals surface area (Å²) in [6.45, 7) is 1.88. The van der Waals surface area contributed by atoms with E-state index in [-0.39, 0.29) is 10.9 Å². The summed E-state index contributed by atoms with van der Waals surface area (Å²) in [5.41, 5.74) is 0.987. The molecule has 12 heavy (non-hydrogen) atoms. The molecule has 0 saturated carbocycles.